The Morgan fingerprint density at radius 1 is 1.19 bits per heavy atom. The molecule has 2 nitrogen and oxygen atoms in total. The van der Waals surface area contributed by atoms with Crippen LogP contribution in [-0.4, -0.2) is 17.2 Å². The van der Waals surface area contributed by atoms with Crippen molar-refractivity contribution in [3.63, 3.8) is 0 Å². The molecule has 2 heterocycles. The third-order valence-corrected chi connectivity index (χ3v) is 3.76. The number of hydrogen-bond donors (Lipinski definition) is 1. The van der Waals surface area contributed by atoms with Gasteiger partial charge >= 0.3 is 0 Å². The lowest BCUT2D eigenvalue weighted by Crippen LogP contribution is -2.26. The summed E-state index contributed by atoms with van der Waals surface area (Å²) in [6.45, 7) is 2.24. The molecule has 1 fully saturated rings. The summed E-state index contributed by atoms with van der Waals surface area (Å²) in [6, 6.07) is 8.37. The largest absolute Gasteiger partial charge is 0.317 e. The smallest absolute Gasteiger partial charge is 0.0650 e. The van der Waals surface area contributed by atoms with Crippen molar-refractivity contribution in [2.75, 3.05) is 13.1 Å². The predicted molar refractivity (Wildman–Crippen MR) is 68.0 cm³/mol. The second kappa shape index (κ2) is 4.11. The van der Waals surface area contributed by atoms with Crippen molar-refractivity contribution in [1.29, 1.82) is 0 Å². The summed E-state index contributed by atoms with van der Waals surface area (Å²) in [7, 11) is 0. The summed E-state index contributed by atoms with van der Waals surface area (Å²) in [5.74, 6) is 0.658. The van der Waals surface area contributed by atoms with Gasteiger partial charge in [-0.25, -0.2) is 0 Å². The number of nitrogens with zero attached hydrogens (tertiary/aromatic N) is 1. The molecule has 0 amide bonds. The summed E-state index contributed by atoms with van der Waals surface area (Å²) in [6.07, 6.45) is 4.51. The second-order valence-corrected chi connectivity index (χ2v) is 4.80. The van der Waals surface area contributed by atoms with E-state index in [1.807, 2.05) is 6.07 Å². The minimum Gasteiger partial charge on any atom is -0.317 e. The Bertz CT molecular complexity index is 498. The van der Waals surface area contributed by atoms with Crippen LogP contribution < -0.4 is 5.32 Å². The van der Waals surface area contributed by atoms with Gasteiger partial charge in [-0.3, -0.25) is 4.09 Å². The molecule has 0 radical (unpaired) electrons. The molecule has 1 aliphatic heterocycles. The molecule has 3 rings (SSSR count). The third-order valence-electron chi connectivity index (χ3n) is 3.48. The van der Waals surface area contributed by atoms with Crippen LogP contribution in [0.5, 0.6) is 0 Å². The van der Waals surface area contributed by atoms with Crippen LogP contribution in [0.15, 0.2) is 30.5 Å². The van der Waals surface area contributed by atoms with Crippen molar-refractivity contribution in [2.24, 2.45) is 0 Å². The molecule has 1 aromatic heterocycles. The first-order valence-corrected chi connectivity index (χ1v) is 6.17. The molecule has 0 aliphatic carbocycles. The number of aromatic nitrogens is 1. The van der Waals surface area contributed by atoms with Gasteiger partial charge in [0.2, 0.25) is 0 Å². The highest BCUT2D eigenvalue weighted by Crippen LogP contribution is 2.33. The van der Waals surface area contributed by atoms with Gasteiger partial charge in [0.15, 0.2) is 0 Å². The van der Waals surface area contributed by atoms with E-state index in [2.05, 4.69) is 29.7 Å². The van der Waals surface area contributed by atoms with Crippen LogP contribution in [0.25, 0.3) is 10.9 Å². The molecule has 3 heteroatoms. The maximum absolute atomic E-state index is 6.20. The molecule has 16 heavy (non-hydrogen) atoms. The Morgan fingerprint density at radius 3 is 2.75 bits per heavy atom. The highest BCUT2D eigenvalue weighted by Gasteiger charge is 2.19. The van der Waals surface area contributed by atoms with Crippen molar-refractivity contribution < 1.29 is 0 Å². The lowest BCUT2D eigenvalue weighted by Gasteiger charge is -2.22. The van der Waals surface area contributed by atoms with E-state index < -0.39 is 0 Å². The van der Waals surface area contributed by atoms with Gasteiger partial charge in [-0.2, -0.15) is 0 Å². The van der Waals surface area contributed by atoms with Crippen LogP contribution in [0.1, 0.15) is 24.3 Å². The van der Waals surface area contributed by atoms with E-state index in [-0.39, 0.29) is 0 Å². The van der Waals surface area contributed by atoms with Gasteiger partial charge in [-0.05, 0) is 43.5 Å². The van der Waals surface area contributed by atoms with Crippen molar-refractivity contribution in [1.82, 2.24) is 9.40 Å². The lowest BCUT2D eigenvalue weighted by molar-refractivity contribution is 0.462. The quantitative estimate of drug-likeness (QED) is 0.802. The fraction of sp³-hybridized carbons (Fsp3) is 0.385. The van der Waals surface area contributed by atoms with E-state index in [4.69, 9.17) is 11.8 Å². The van der Waals surface area contributed by atoms with Crippen LogP contribution in [0.4, 0.5) is 0 Å². The number of fused-ring (bicyclic) bond motifs is 1. The fourth-order valence-corrected chi connectivity index (χ4v) is 2.88. The van der Waals surface area contributed by atoms with Crippen molar-refractivity contribution in [3.05, 3.63) is 36.0 Å². The van der Waals surface area contributed by atoms with Crippen LogP contribution in [0.2, 0.25) is 0 Å². The monoisotopic (exact) mass is 234 g/mol. The number of halogens is 1. The van der Waals surface area contributed by atoms with Crippen LogP contribution in [0, 0.1) is 0 Å². The first kappa shape index (κ1) is 10.2. The van der Waals surface area contributed by atoms with Crippen LogP contribution in [0.3, 0.4) is 0 Å². The van der Waals surface area contributed by atoms with Gasteiger partial charge in [-0.15, -0.1) is 0 Å². The second-order valence-electron chi connectivity index (χ2n) is 4.44. The normalized spacial score (nSPS) is 18.1. The molecule has 1 aliphatic rings. The first-order valence-electron chi connectivity index (χ1n) is 5.83. The summed E-state index contributed by atoms with van der Waals surface area (Å²) >= 11 is 6.20. The zero-order chi connectivity index (χ0) is 11.0. The predicted octanol–water partition coefficient (Wildman–Crippen LogP) is 3.11. The summed E-state index contributed by atoms with van der Waals surface area (Å²) in [4.78, 5) is 0. The van der Waals surface area contributed by atoms with Crippen molar-refractivity contribution >= 4 is 22.7 Å². The highest BCUT2D eigenvalue weighted by atomic mass is 35.5. The van der Waals surface area contributed by atoms with Crippen molar-refractivity contribution in [3.8, 4) is 0 Å². The SMILES string of the molecule is Cln1cc(C2CCNCC2)c2ccccc21. The molecular formula is C13H15ClN2. The van der Waals surface area contributed by atoms with Crippen LogP contribution in [-0.2, 0) is 0 Å². The average molecular weight is 235 g/mol. The van der Waals surface area contributed by atoms with E-state index in [0.717, 1.165) is 18.6 Å². The van der Waals surface area contributed by atoms with E-state index in [0.29, 0.717) is 5.92 Å². The number of para-hydroxylation sites is 1. The standard InChI is InChI=1S/C13H15ClN2/c14-16-9-12(10-5-7-15-8-6-10)11-3-1-2-4-13(11)16/h1-4,9-10,15H,5-8H2. The molecule has 0 unspecified atom stereocenters. The fourth-order valence-electron chi connectivity index (χ4n) is 2.62. The van der Waals surface area contributed by atoms with Gasteiger partial charge in [0, 0.05) is 23.4 Å². The number of piperidine rings is 1. The Morgan fingerprint density at radius 2 is 1.94 bits per heavy atom. The third kappa shape index (κ3) is 1.62. The zero-order valence-electron chi connectivity index (χ0n) is 9.12. The Balaban J connectivity index is 2.08. The molecule has 0 saturated carbocycles. The van der Waals surface area contributed by atoms with Gasteiger partial charge in [-0.1, -0.05) is 18.2 Å². The van der Waals surface area contributed by atoms with Gasteiger partial charge < -0.3 is 5.32 Å². The van der Waals surface area contributed by atoms with Crippen LogP contribution >= 0.6 is 11.8 Å². The average Bonchev–Trinajstić information content (AvgIpc) is 2.69. The van der Waals surface area contributed by atoms with E-state index in [9.17, 15) is 0 Å². The maximum atomic E-state index is 6.20. The Hall–Kier alpha value is -0.990. The van der Waals surface area contributed by atoms with E-state index in [1.54, 1.807) is 4.09 Å². The lowest BCUT2D eigenvalue weighted by atomic mass is 9.90. The molecule has 84 valence electrons. The van der Waals surface area contributed by atoms with E-state index in [1.165, 1.54) is 23.8 Å². The topological polar surface area (TPSA) is 17.0 Å². The Kier molecular flexibility index (Phi) is 2.62. The van der Waals surface area contributed by atoms with Gasteiger partial charge in [0.05, 0.1) is 5.52 Å². The summed E-state index contributed by atoms with van der Waals surface area (Å²) in [5, 5.41) is 4.71. The summed E-state index contributed by atoms with van der Waals surface area (Å²) < 4.78 is 1.73. The number of benzene rings is 1. The molecule has 0 atom stereocenters. The number of nitrogens with one attached hydrogen (secondary N) is 1. The number of hydrogen-bond acceptors (Lipinski definition) is 1. The Labute approximate surface area is 100 Å². The first-order chi connectivity index (χ1) is 7.86. The molecule has 2 aromatic rings. The molecule has 1 aromatic carbocycles. The minimum absolute atomic E-state index is 0.658. The molecule has 1 N–H and O–H groups in total. The molecule has 0 bridgehead atoms. The van der Waals surface area contributed by atoms with Crippen molar-refractivity contribution in [2.45, 2.75) is 18.8 Å². The van der Waals surface area contributed by atoms with Gasteiger partial charge in [0.25, 0.3) is 0 Å². The molecular weight excluding hydrogens is 220 g/mol. The molecule has 1 saturated heterocycles. The maximum Gasteiger partial charge on any atom is 0.0650 e. The number of rotatable bonds is 1. The molecule has 0 spiro atoms. The zero-order valence-corrected chi connectivity index (χ0v) is 9.87. The minimum atomic E-state index is 0.658. The van der Waals surface area contributed by atoms with E-state index >= 15 is 0 Å². The van der Waals surface area contributed by atoms with Gasteiger partial charge in [0.1, 0.15) is 0 Å². The highest BCUT2D eigenvalue weighted by molar-refractivity contribution is 6.19. The summed E-state index contributed by atoms with van der Waals surface area (Å²) in [5.41, 5.74) is 2.53.